The van der Waals surface area contributed by atoms with Crippen LogP contribution in [0.1, 0.15) is 17.5 Å². The van der Waals surface area contributed by atoms with Gasteiger partial charge in [0.2, 0.25) is 0 Å². The van der Waals surface area contributed by atoms with Gasteiger partial charge in [0, 0.05) is 30.8 Å². The highest BCUT2D eigenvalue weighted by Crippen LogP contribution is 2.29. The van der Waals surface area contributed by atoms with Crippen molar-refractivity contribution < 1.29 is 23.4 Å². The van der Waals surface area contributed by atoms with E-state index in [0.29, 0.717) is 25.2 Å². The summed E-state index contributed by atoms with van der Waals surface area (Å²) in [6.07, 6.45) is -0.0351. The molecule has 0 bridgehead atoms. The minimum absolute atomic E-state index is 0.0995. The molecule has 6 nitrogen and oxygen atoms in total. The Morgan fingerprint density at radius 2 is 2.11 bits per heavy atom. The van der Waals surface area contributed by atoms with Crippen molar-refractivity contribution in [3.63, 3.8) is 0 Å². The second kappa shape index (κ2) is 8.73. The number of nitrogen functional groups attached to an aromatic ring is 1. The molecule has 2 aromatic rings. The van der Waals surface area contributed by atoms with E-state index in [0.717, 1.165) is 5.56 Å². The van der Waals surface area contributed by atoms with E-state index in [2.05, 4.69) is 0 Å². The van der Waals surface area contributed by atoms with Gasteiger partial charge in [0.1, 0.15) is 12.7 Å². The van der Waals surface area contributed by atoms with E-state index in [1.165, 1.54) is 11.0 Å². The standard InChI is InChI=1S/C20H23FN2O4/c1-23(20(24)26-12-14-5-3-2-4-6-14)11-15-9-16(22)10-18(21)19(15)27-17-7-8-25-13-17/h2-6,9-10,17H,7-8,11-13,22H2,1H3/t17-/m1/s1. The third-order valence-corrected chi connectivity index (χ3v) is 4.24. The number of carbonyl (C=O) groups excluding carboxylic acids is 1. The fraction of sp³-hybridized carbons (Fsp3) is 0.350. The van der Waals surface area contributed by atoms with Crippen LogP contribution in [0.2, 0.25) is 0 Å². The van der Waals surface area contributed by atoms with Gasteiger partial charge in [-0.15, -0.1) is 0 Å². The fourth-order valence-corrected chi connectivity index (χ4v) is 2.85. The third kappa shape index (κ3) is 5.10. The molecule has 0 radical (unpaired) electrons. The van der Waals surface area contributed by atoms with Crippen LogP contribution in [0.15, 0.2) is 42.5 Å². The predicted octanol–water partition coefficient (Wildman–Crippen LogP) is 3.34. The van der Waals surface area contributed by atoms with E-state index in [9.17, 15) is 9.18 Å². The molecule has 0 spiro atoms. The Bertz CT molecular complexity index is 779. The topological polar surface area (TPSA) is 74.0 Å². The summed E-state index contributed by atoms with van der Waals surface area (Å²) in [6.45, 7) is 1.27. The summed E-state index contributed by atoms with van der Waals surface area (Å²) >= 11 is 0. The Kier molecular flexibility index (Phi) is 6.13. The Morgan fingerprint density at radius 1 is 1.33 bits per heavy atom. The van der Waals surface area contributed by atoms with E-state index < -0.39 is 11.9 Å². The molecule has 0 aliphatic carbocycles. The first-order chi connectivity index (χ1) is 13.0. The van der Waals surface area contributed by atoms with Crippen LogP contribution in [-0.4, -0.2) is 37.4 Å². The van der Waals surface area contributed by atoms with Crippen molar-refractivity contribution in [3.8, 4) is 5.75 Å². The van der Waals surface area contributed by atoms with Crippen LogP contribution in [-0.2, 0) is 22.6 Å². The van der Waals surface area contributed by atoms with Crippen molar-refractivity contribution in [2.45, 2.75) is 25.7 Å². The molecule has 1 atom stereocenters. The molecule has 27 heavy (non-hydrogen) atoms. The number of hydrogen-bond donors (Lipinski definition) is 1. The molecule has 1 aliphatic rings. The van der Waals surface area contributed by atoms with Crippen molar-refractivity contribution in [1.29, 1.82) is 0 Å². The van der Waals surface area contributed by atoms with Crippen molar-refractivity contribution in [2.24, 2.45) is 0 Å². The average molecular weight is 374 g/mol. The largest absolute Gasteiger partial charge is 0.484 e. The summed E-state index contributed by atoms with van der Waals surface area (Å²) in [5.74, 6) is -0.453. The number of anilines is 1. The van der Waals surface area contributed by atoms with E-state index in [-0.39, 0.29) is 30.7 Å². The highest BCUT2D eigenvalue weighted by atomic mass is 19.1. The number of rotatable bonds is 6. The molecule has 1 fully saturated rings. The molecule has 0 saturated carbocycles. The smallest absolute Gasteiger partial charge is 0.410 e. The Labute approximate surface area is 157 Å². The Balaban J connectivity index is 1.66. The number of nitrogens with two attached hydrogens (primary N) is 1. The monoisotopic (exact) mass is 374 g/mol. The van der Waals surface area contributed by atoms with Crippen LogP contribution in [0.5, 0.6) is 5.75 Å². The van der Waals surface area contributed by atoms with Crippen LogP contribution in [0, 0.1) is 5.82 Å². The second-order valence-corrected chi connectivity index (χ2v) is 6.49. The Hall–Kier alpha value is -2.80. The quantitative estimate of drug-likeness (QED) is 0.785. The predicted molar refractivity (Wildman–Crippen MR) is 98.8 cm³/mol. The molecule has 2 aromatic carbocycles. The maximum atomic E-state index is 14.4. The van der Waals surface area contributed by atoms with E-state index in [1.54, 1.807) is 13.1 Å². The number of amides is 1. The number of benzene rings is 2. The molecule has 0 aromatic heterocycles. The molecule has 1 heterocycles. The van der Waals surface area contributed by atoms with Crippen LogP contribution in [0.25, 0.3) is 0 Å². The number of nitrogens with zero attached hydrogens (tertiary/aromatic N) is 1. The lowest BCUT2D eigenvalue weighted by atomic mass is 10.1. The molecule has 1 saturated heterocycles. The first-order valence-corrected chi connectivity index (χ1v) is 8.77. The number of halogens is 1. The number of ether oxygens (including phenoxy) is 3. The summed E-state index contributed by atoms with van der Waals surface area (Å²) in [6, 6.07) is 12.2. The minimum atomic E-state index is -0.553. The molecule has 0 unspecified atom stereocenters. The lowest BCUT2D eigenvalue weighted by Crippen LogP contribution is -2.28. The van der Waals surface area contributed by atoms with Crippen molar-refractivity contribution in [2.75, 3.05) is 26.0 Å². The lowest BCUT2D eigenvalue weighted by molar-refractivity contribution is 0.101. The van der Waals surface area contributed by atoms with E-state index in [4.69, 9.17) is 19.9 Å². The third-order valence-electron chi connectivity index (χ3n) is 4.24. The van der Waals surface area contributed by atoms with Gasteiger partial charge in [-0.3, -0.25) is 0 Å². The average Bonchev–Trinajstić information content (AvgIpc) is 3.16. The molecule has 1 amide bonds. The van der Waals surface area contributed by atoms with E-state index >= 15 is 0 Å². The van der Waals surface area contributed by atoms with Crippen LogP contribution in [0.4, 0.5) is 14.9 Å². The van der Waals surface area contributed by atoms with Gasteiger partial charge in [-0.25, -0.2) is 9.18 Å². The van der Waals surface area contributed by atoms with Crippen molar-refractivity contribution >= 4 is 11.8 Å². The molecule has 144 valence electrons. The van der Waals surface area contributed by atoms with Crippen LogP contribution < -0.4 is 10.5 Å². The van der Waals surface area contributed by atoms with Gasteiger partial charge in [0.15, 0.2) is 11.6 Å². The maximum absolute atomic E-state index is 14.4. The Morgan fingerprint density at radius 3 is 2.81 bits per heavy atom. The van der Waals surface area contributed by atoms with Gasteiger partial charge in [-0.2, -0.15) is 0 Å². The van der Waals surface area contributed by atoms with Gasteiger partial charge in [-0.1, -0.05) is 30.3 Å². The van der Waals surface area contributed by atoms with Crippen LogP contribution >= 0.6 is 0 Å². The van der Waals surface area contributed by atoms with E-state index in [1.807, 2.05) is 30.3 Å². The van der Waals surface area contributed by atoms with Gasteiger partial charge >= 0.3 is 6.09 Å². The lowest BCUT2D eigenvalue weighted by Gasteiger charge is -2.21. The zero-order valence-electron chi connectivity index (χ0n) is 15.2. The summed E-state index contributed by atoms with van der Waals surface area (Å²) in [4.78, 5) is 13.6. The maximum Gasteiger partial charge on any atom is 0.410 e. The van der Waals surface area contributed by atoms with Crippen molar-refractivity contribution in [3.05, 3.63) is 59.4 Å². The zero-order chi connectivity index (χ0) is 19.2. The first kappa shape index (κ1) is 19.0. The number of hydrogen-bond acceptors (Lipinski definition) is 5. The van der Waals surface area contributed by atoms with Gasteiger partial charge in [-0.05, 0) is 11.6 Å². The first-order valence-electron chi connectivity index (χ1n) is 8.77. The van der Waals surface area contributed by atoms with Crippen molar-refractivity contribution in [1.82, 2.24) is 4.90 Å². The molecular formula is C20H23FN2O4. The summed E-state index contributed by atoms with van der Waals surface area (Å²) in [7, 11) is 1.58. The second-order valence-electron chi connectivity index (χ2n) is 6.49. The molecule has 2 N–H and O–H groups in total. The fourth-order valence-electron chi connectivity index (χ4n) is 2.85. The zero-order valence-corrected chi connectivity index (χ0v) is 15.2. The highest BCUT2D eigenvalue weighted by Gasteiger charge is 2.23. The normalized spacial score (nSPS) is 16.1. The molecule has 7 heteroatoms. The molecular weight excluding hydrogens is 351 g/mol. The molecule has 1 aliphatic heterocycles. The SMILES string of the molecule is CN(Cc1cc(N)cc(F)c1O[C@@H]1CCOC1)C(=O)OCc1ccccc1. The van der Waals surface area contributed by atoms with Gasteiger partial charge < -0.3 is 24.8 Å². The summed E-state index contributed by atoms with van der Waals surface area (Å²) in [5, 5.41) is 0. The summed E-state index contributed by atoms with van der Waals surface area (Å²) in [5.41, 5.74) is 7.41. The molecule has 3 rings (SSSR count). The van der Waals surface area contributed by atoms with Gasteiger partial charge in [0.05, 0.1) is 19.8 Å². The van der Waals surface area contributed by atoms with Crippen LogP contribution in [0.3, 0.4) is 0 Å². The minimum Gasteiger partial charge on any atom is -0.484 e. The highest BCUT2D eigenvalue weighted by molar-refractivity contribution is 5.67. The van der Waals surface area contributed by atoms with Gasteiger partial charge in [0.25, 0.3) is 0 Å². The number of carbonyl (C=O) groups is 1. The summed E-state index contributed by atoms with van der Waals surface area (Å²) < 4.78 is 30.7.